The van der Waals surface area contributed by atoms with Crippen LogP contribution in [-0.2, 0) is 20.5 Å². The van der Waals surface area contributed by atoms with Crippen LogP contribution in [0.25, 0.3) is 0 Å². The van der Waals surface area contributed by atoms with Crippen molar-refractivity contribution in [3.8, 4) is 0 Å². The number of hydrogen-bond donors (Lipinski definition) is 2. The number of nitro benzene ring substituents is 1. The number of nitrogens with zero attached hydrogens (tertiary/aromatic N) is 1. The molecule has 0 fully saturated rings. The van der Waals surface area contributed by atoms with E-state index in [1.54, 1.807) is 0 Å². The lowest BCUT2D eigenvalue weighted by Gasteiger charge is -2.17. The highest BCUT2D eigenvalue weighted by molar-refractivity contribution is 5.85. The molecule has 0 aliphatic carbocycles. The lowest BCUT2D eigenvalue weighted by Crippen LogP contribution is -2.36. The van der Waals surface area contributed by atoms with E-state index < -0.39 is 46.4 Å². The predicted octanol–water partition coefficient (Wildman–Crippen LogP) is 1.83. The Morgan fingerprint density at radius 1 is 1.33 bits per heavy atom. The van der Waals surface area contributed by atoms with Gasteiger partial charge in [-0.15, -0.1) is 0 Å². The molecule has 0 radical (unpaired) electrons. The smallest absolute Gasteiger partial charge is 0.416 e. The van der Waals surface area contributed by atoms with Gasteiger partial charge in [0.1, 0.15) is 11.7 Å². The highest BCUT2D eigenvalue weighted by Gasteiger charge is 2.33. The second-order valence-corrected chi connectivity index (χ2v) is 4.83. The number of primary amides is 1. The van der Waals surface area contributed by atoms with Crippen molar-refractivity contribution in [3.05, 3.63) is 33.9 Å². The minimum absolute atomic E-state index is 0.302. The molecule has 2 atom stereocenters. The van der Waals surface area contributed by atoms with E-state index in [1.807, 2.05) is 0 Å². The van der Waals surface area contributed by atoms with Crippen molar-refractivity contribution in [3.63, 3.8) is 0 Å². The number of benzene rings is 1. The van der Waals surface area contributed by atoms with Crippen LogP contribution in [0.5, 0.6) is 0 Å². The van der Waals surface area contributed by atoms with Crippen molar-refractivity contribution in [2.45, 2.75) is 32.2 Å². The molecule has 0 saturated carbocycles. The van der Waals surface area contributed by atoms with Gasteiger partial charge in [-0.3, -0.25) is 14.9 Å². The molecule has 0 spiro atoms. The Kier molecular flexibility index (Phi) is 5.72. The van der Waals surface area contributed by atoms with Gasteiger partial charge in [-0.1, -0.05) is 0 Å². The van der Waals surface area contributed by atoms with Crippen molar-refractivity contribution >= 4 is 23.3 Å². The monoisotopic (exact) mass is 349 g/mol. The third-order valence-electron chi connectivity index (χ3n) is 2.94. The Balaban J connectivity index is 3.00. The first-order valence-electron chi connectivity index (χ1n) is 6.55. The summed E-state index contributed by atoms with van der Waals surface area (Å²) >= 11 is 0. The molecule has 0 bridgehead atoms. The van der Waals surface area contributed by atoms with Gasteiger partial charge in [0.25, 0.3) is 11.6 Å². The fourth-order valence-electron chi connectivity index (χ4n) is 1.61. The number of carbonyl (C=O) groups excluding carboxylic acids is 2. The van der Waals surface area contributed by atoms with Crippen LogP contribution in [0.15, 0.2) is 18.2 Å². The number of nitrogens with one attached hydrogen (secondary N) is 1. The van der Waals surface area contributed by atoms with Gasteiger partial charge in [0.15, 0.2) is 6.10 Å². The van der Waals surface area contributed by atoms with Gasteiger partial charge in [-0.05, 0) is 26.0 Å². The number of carbonyl (C=O) groups is 2. The molecule has 8 nitrogen and oxygen atoms in total. The summed E-state index contributed by atoms with van der Waals surface area (Å²) in [5, 5.41) is 13.3. The van der Waals surface area contributed by atoms with E-state index in [0.717, 1.165) is 6.07 Å². The average Bonchev–Trinajstić information content (AvgIpc) is 2.45. The fourth-order valence-corrected chi connectivity index (χ4v) is 1.61. The number of rotatable bonds is 6. The number of nitro groups is 1. The highest BCUT2D eigenvalue weighted by Crippen LogP contribution is 2.35. The van der Waals surface area contributed by atoms with Crippen molar-refractivity contribution in [2.24, 2.45) is 5.73 Å². The van der Waals surface area contributed by atoms with Crippen LogP contribution in [-0.4, -0.2) is 28.9 Å². The first kappa shape index (κ1) is 19.2. The van der Waals surface area contributed by atoms with Crippen LogP contribution in [0.3, 0.4) is 0 Å². The molecule has 1 rings (SSSR count). The van der Waals surface area contributed by atoms with Crippen LogP contribution in [0.2, 0.25) is 0 Å². The zero-order valence-corrected chi connectivity index (χ0v) is 12.6. The summed E-state index contributed by atoms with van der Waals surface area (Å²) in [7, 11) is 0. The first-order chi connectivity index (χ1) is 10.9. The quantitative estimate of drug-likeness (QED) is 0.459. The number of anilines is 1. The molecule has 0 aliphatic rings. The lowest BCUT2D eigenvalue weighted by atomic mass is 10.1. The van der Waals surface area contributed by atoms with E-state index in [1.165, 1.54) is 13.8 Å². The third-order valence-corrected chi connectivity index (χ3v) is 2.94. The van der Waals surface area contributed by atoms with E-state index in [-0.39, 0.29) is 5.69 Å². The molecule has 1 amide bonds. The van der Waals surface area contributed by atoms with Crippen LogP contribution in [0.4, 0.5) is 24.5 Å². The number of halogens is 3. The van der Waals surface area contributed by atoms with E-state index in [9.17, 15) is 32.9 Å². The van der Waals surface area contributed by atoms with Crippen LogP contribution < -0.4 is 11.1 Å². The van der Waals surface area contributed by atoms with Gasteiger partial charge in [0.2, 0.25) is 0 Å². The van der Waals surface area contributed by atoms with Crippen LogP contribution in [0.1, 0.15) is 19.4 Å². The number of esters is 1. The Morgan fingerprint density at radius 3 is 2.38 bits per heavy atom. The summed E-state index contributed by atoms with van der Waals surface area (Å²) in [6.07, 6.45) is -5.96. The van der Waals surface area contributed by atoms with Crippen LogP contribution in [0, 0.1) is 10.1 Å². The van der Waals surface area contributed by atoms with Crippen molar-refractivity contribution in [1.82, 2.24) is 0 Å². The summed E-state index contributed by atoms with van der Waals surface area (Å²) in [6.45, 7) is 2.49. The summed E-state index contributed by atoms with van der Waals surface area (Å²) in [6, 6.07) is 0.663. The Bertz CT molecular complexity index is 663. The summed E-state index contributed by atoms with van der Waals surface area (Å²) in [5.74, 6) is -1.84. The Morgan fingerprint density at radius 2 is 1.92 bits per heavy atom. The van der Waals surface area contributed by atoms with E-state index in [2.05, 4.69) is 5.32 Å². The van der Waals surface area contributed by atoms with Crippen LogP contribution >= 0.6 is 0 Å². The molecule has 0 aliphatic heterocycles. The Labute approximate surface area is 133 Å². The molecule has 0 aromatic heterocycles. The van der Waals surface area contributed by atoms with Crippen molar-refractivity contribution < 1.29 is 32.4 Å². The van der Waals surface area contributed by atoms with Gasteiger partial charge < -0.3 is 15.8 Å². The lowest BCUT2D eigenvalue weighted by molar-refractivity contribution is -0.384. The van der Waals surface area contributed by atoms with Gasteiger partial charge in [-0.25, -0.2) is 4.79 Å². The maximum absolute atomic E-state index is 12.6. The van der Waals surface area contributed by atoms with E-state index in [0.29, 0.717) is 12.1 Å². The molecule has 3 N–H and O–H groups in total. The maximum Gasteiger partial charge on any atom is 0.416 e. The number of hydrogen-bond acceptors (Lipinski definition) is 6. The summed E-state index contributed by atoms with van der Waals surface area (Å²) in [4.78, 5) is 32.5. The normalized spacial score (nSPS) is 13.7. The van der Waals surface area contributed by atoms with Gasteiger partial charge in [0, 0.05) is 6.07 Å². The molecule has 0 heterocycles. The van der Waals surface area contributed by atoms with Gasteiger partial charge in [-0.2, -0.15) is 13.2 Å². The molecular formula is C13H14F3N3O5. The standard InChI is InChI=1S/C13H14F3N3O5/c1-6(12(21)24-7(2)11(17)20)18-9-4-3-8(13(14,15)16)5-10(9)19(22)23/h3-7,18H,1-2H3,(H2,17,20)/t6-,7-/m0/s1. The zero-order valence-electron chi connectivity index (χ0n) is 12.6. The maximum atomic E-state index is 12.6. The molecule has 24 heavy (non-hydrogen) atoms. The van der Waals surface area contributed by atoms with Crippen molar-refractivity contribution in [1.29, 1.82) is 0 Å². The topological polar surface area (TPSA) is 125 Å². The predicted molar refractivity (Wildman–Crippen MR) is 75.9 cm³/mol. The highest BCUT2D eigenvalue weighted by atomic mass is 19.4. The summed E-state index contributed by atoms with van der Waals surface area (Å²) < 4.78 is 42.5. The molecular weight excluding hydrogens is 335 g/mol. The second kappa shape index (κ2) is 7.15. The van der Waals surface area contributed by atoms with E-state index in [4.69, 9.17) is 10.5 Å². The molecule has 0 saturated heterocycles. The van der Waals surface area contributed by atoms with E-state index >= 15 is 0 Å². The Hall–Kier alpha value is -2.85. The molecule has 1 aromatic carbocycles. The molecule has 1 aromatic rings. The minimum atomic E-state index is -4.75. The fraction of sp³-hybridized carbons (Fsp3) is 0.385. The zero-order chi connectivity index (χ0) is 18.7. The molecule has 0 unspecified atom stereocenters. The second-order valence-electron chi connectivity index (χ2n) is 4.83. The number of alkyl halides is 3. The first-order valence-corrected chi connectivity index (χ1v) is 6.55. The van der Waals surface area contributed by atoms with Gasteiger partial charge >= 0.3 is 12.1 Å². The summed E-state index contributed by atoms with van der Waals surface area (Å²) in [5.41, 5.74) is 2.57. The third kappa shape index (κ3) is 4.83. The van der Waals surface area contributed by atoms with Gasteiger partial charge in [0.05, 0.1) is 10.5 Å². The average molecular weight is 349 g/mol. The number of nitrogens with two attached hydrogens (primary N) is 1. The number of ether oxygens (including phenoxy) is 1. The molecule has 132 valence electrons. The molecule has 11 heteroatoms. The SMILES string of the molecule is C[C@H](Nc1ccc(C(F)(F)F)cc1[N+](=O)[O-])C(=O)O[C@@H](C)C(N)=O. The largest absolute Gasteiger partial charge is 0.451 e. The minimum Gasteiger partial charge on any atom is -0.451 e. The van der Waals surface area contributed by atoms with Crippen molar-refractivity contribution in [2.75, 3.05) is 5.32 Å². The number of amides is 1.